The van der Waals surface area contributed by atoms with E-state index in [2.05, 4.69) is 40.2 Å². The Morgan fingerprint density at radius 3 is 2.17 bits per heavy atom. The number of rotatable bonds is 6. The number of nitrogens with zero attached hydrogens (tertiary/aromatic N) is 4. The molecule has 4 heterocycles. The van der Waals surface area contributed by atoms with E-state index in [1.54, 1.807) is 12.4 Å². The molecule has 0 aliphatic rings. The number of furan rings is 2. The molecular formula is C39H26N4O3. The highest BCUT2D eigenvalue weighted by Gasteiger charge is 2.22. The van der Waals surface area contributed by atoms with E-state index < -0.39 is 0 Å². The number of ether oxygens (including phenoxy) is 1. The molecule has 0 aliphatic heterocycles. The molecule has 0 saturated carbocycles. The van der Waals surface area contributed by atoms with Gasteiger partial charge in [-0.25, -0.2) is 9.97 Å². The van der Waals surface area contributed by atoms with Crippen LogP contribution in [0.15, 0.2) is 149 Å². The molecule has 46 heavy (non-hydrogen) atoms. The molecule has 0 radical (unpaired) electrons. The van der Waals surface area contributed by atoms with Crippen LogP contribution in [0.2, 0.25) is 0 Å². The van der Waals surface area contributed by atoms with Gasteiger partial charge < -0.3 is 18.1 Å². The van der Waals surface area contributed by atoms with Crippen molar-refractivity contribution in [2.75, 3.05) is 4.90 Å². The lowest BCUT2D eigenvalue weighted by Gasteiger charge is -2.24. The summed E-state index contributed by atoms with van der Waals surface area (Å²) < 4.78 is 21.7. The molecule has 7 nitrogen and oxygen atoms in total. The summed E-state index contributed by atoms with van der Waals surface area (Å²) in [6.07, 6.45) is 5.54. The number of imidazole rings is 1. The molecule has 0 atom stereocenters. The summed E-state index contributed by atoms with van der Waals surface area (Å²) in [5, 5.41) is 3.96. The third-order valence-corrected chi connectivity index (χ3v) is 8.32. The van der Waals surface area contributed by atoms with Crippen LogP contribution >= 0.6 is 0 Å². The Balaban J connectivity index is 1.29. The molecule has 0 amide bonds. The molecule has 7 heteroatoms. The topological polar surface area (TPSA) is 69.5 Å². The summed E-state index contributed by atoms with van der Waals surface area (Å²) >= 11 is 0. The maximum atomic E-state index is 6.83. The van der Waals surface area contributed by atoms with Gasteiger partial charge in [-0.05, 0) is 48.5 Å². The number of pyridine rings is 1. The second-order valence-corrected chi connectivity index (χ2v) is 11.2. The summed E-state index contributed by atoms with van der Waals surface area (Å²) in [5.41, 5.74) is 5.73. The normalized spacial score (nSPS) is 11.6. The molecular weight excluding hydrogens is 572 g/mol. The zero-order chi connectivity index (χ0) is 30.6. The van der Waals surface area contributed by atoms with E-state index in [4.69, 9.17) is 18.6 Å². The highest BCUT2D eigenvalue weighted by Crippen LogP contribution is 2.45. The molecule has 0 bridgehead atoms. The number of benzene rings is 5. The van der Waals surface area contributed by atoms with Gasteiger partial charge in [-0.2, -0.15) is 0 Å². The minimum Gasteiger partial charge on any atom is -0.456 e. The van der Waals surface area contributed by atoms with Crippen molar-refractivity contribution in [3.8, 4) is 22.9 Å². The summed E-state index contributed by atoms with van der Waals surface area (Å²) in [7, 11) is 1.99. The van der Waals surface area contributed by atoms with Crippen LogP contribution in [0.4, 0.5) is 17.2 Å². The molecule has 9 aromatic rings. The third kappa shape index (κ3) is 4.21. The second kappa shape index (κ2) is 10.4. The van der Waals surface area contributed by atoms with E-state index in [9.17, 15) is 0 Å². The highest BCUT2D eigenvalue weighted by atomic mass is 16.5. The van der Waals surface area contributed by atoms with E-state index in [1.165, 1.54) is 0 Å². The van der Waals surface area contributed by atoms with Gasteiger partial charge in [0.25, 0.3) is 0 Å². The predicted molar refractivity (Wildman–Crippen MR) is 182 cm³/mol. The first kappa shape index (κ1) is 26.1. The first-order valence-corrected chi connectivity index (χ1v) is 15.0. The maximum absolute atomic E-state index is 6.83. The van der Waals surface area contributed by atoms with Gasteiger partial charge in [0.1, 0.15) is 34.1 Å². The maximum Gasteiger partial charge on any atom is 0.178 e. The second-order valence-electron chi connectivity index (χ2n) is 11.2. The molecule has 220 valence electrons. The van der Waals surface area contributed by atoms with Crippen LogP contribution in [0.5, 0.6) is 11.5 Å². The van der Waals surface area contributed by atoms with Crippen LogP contribution in [0.1, 0.15) is 0 Å². The van der Waals surface area contributed by atoms with Gasteiger partial charge in [0.05, 0.1) is 5.69 Å². The van der Waals surface area contributed by atoms with Crippen LogP contribution in [0.25, 0.3) is 55.3 Å². The Morgan fingerprint density at radius 1 is 0.630 bits per heavy atom. The SMILES string of the molecule is Cn1ccnc1-c1cc(Oc2cc(N(c3ccccc3)c3ccccn3)cc3c2oc2ccccc23)cc2oc3ccccc3c12. The fourth-order valence-electron chi connectivity index (χ4n) is 6.28. The number of hydrogen-bond donors (Lipinski definition) is 0. The van der Waals surface area contributed by atoms with Gasteiger partial charge in [0, 0.05) is 70.6 Å². The van der Waals surface area contributed by atoms with Crippen molar-refractivity contribution < 1.29 is 13.6 Å². The van der Waals surface area contributed by atoms with Gasteiger partial charge in [-0.3, -0.25) is 4.90 Å². The Kier molecular flexibility index (Phi) is 5.89. The van der Waals surface area contributed by atoms with Crippen molar-refractivity contribution in [3.05, 3.63) is 140 Å². The van der Waals surface area contributed by atoms with Gasteiger partial charge in [-0.1, -0.05) is 60.7 Å². The van der Waals surface area contributed by atoms with Crippen LogP contribution in [0.3, 0.4) is 0 Å². The lowest BCUT2D eigenvalue weighted by molar-refractivity contribution is 0.476. The van der Waals surface area contributed by atoms with Crippen molar-refractivity contribution in [2.24, 2.45) is 7.05 Å². The molecule has 4 aromatic heterocycles. The molecule has 0 spiro atoms. The Bertz CT molecular complexity index is 2490. The van der Waals surface area contributed by atoms with E-state index >= 15 is 0 Å². The van der Waals surface area contributed by atoms with Crippen molar-refractivity contribution in [1.82, 2.24) is 14.5 Å². The summed E-state index contributed by atoms with van der Waals surface area (Å²) in [6.45, 7) is 0. The van der Waals surface area contributed by atoms with Gasteiger partial charge >= 0.3 is 0 Å². The van der Waals surface area contributed by atoms with Crippen LogP contribution in [-0.2, 0) is 7.05 Å². The number of aromatic nitrogens is 3. The van der Waals surface area contributed by atoms with Crippen molar-refractivity contribution in [3.63, 3.8) is 0 Å². The highest BCUT2D eigenvalue weighted by molar-refractivity contribution is 6.12. The van der Waals surface area contributed by atoms with E-state index in [0.29, 0.717) is 22.7 Å². The van der Waals surface area contributed by atoms with Crippen molar-refractivity contribution >= 4 is 61.1 Å². The number of fused-ring (bicyclic) bond motifs is 6. The minimum absolute atomic E-state index is 0.571. The standard InChI is InChI=1S/C39H26N4O3/c1-42-20-19-41-39(42)31-23-27(24-34-37(31)29-14-6-8-16-33(29)45-34)44-35-22-26(21-30-28-13-5-7-15-32(28)46-38(30)35)43(25-11-3-2-4-12-25)36-17-9-10-18-40-36/h2-24H,1H3. The van der Waals surface area contributed by atoms with Crippen molar-refractivity contribution in [1.29, 1.82) is 0 Å². The zero-order valence-electron chi connectivity index (χ0n) is 24.8. The fourth-order valence-corrected chi connectivity index (χ4v) is 6.28. The number of para-hydroxylation sites is 3. The lowest BCUT2D eigenvalue weighted by atomic mass is 10.0. The van der Waals surface area contributed by atoms with Gasteiger partial charge in [-0.15, -0.1) is 0 Å². The molecule has 0 aliphatic carbocycles. The Hall–Kier alpha value is -6.34. The molecule has 9 rings (SSSR count). The molecule has 0 N–H and O–H groups in total. The van der Waals surface area contributed by atoms with Crippen LogP contribution in [-0.4, -0.2) is 14.5 Å². The quantitative estimate of drug-likeness (QED) is 0.190. The Morgan fingerprint density at radius 2 is 1.39 bits per heavy atom. The zero-order valence-corrected chi connectivity index (χ0v) is 24.8. The van der Waals surface area contributed by atoms with E-state index in [-0.39, 0.29) is 0 Å². The third-order valence-electron chi connectivity index (χ3n) is 8.32. The number of hydrogen-bond acceptors (Lipinski definition) is 6. The minimum atomic E-state index is 0.571. The van der Waals surface area contributed by atoms with Crippen molar-refractivity contribution in [2.45, 2.75) is 0 Å². The summed E-state index contributed by atoms with van der Waals surface area (Å²) in [6, 6.07) is 40.3. The monoisotopic (exact) mass is 598 g/mol. The summed E-state index contributed by atoms with van der Waals surface area (Å²) in [4.78, 5) is 11.5. The summed E-state index contributed by atoms with van der Waals surface area (Å²) in [5.74, 6) is 2.77. The van der Waals surface area contributed by atoms with Gasteiger partial charge in [0.15, 0.2) is 11.3 Å². The molecule has 0 unspecified atom stereocenters. The van der Waals surface area contributed by atoms with Gasteiger partial charge in [0.2, 0.25) is 0 Å². The van der Waals surface area contributed by atoms with Crippen LogP contribution < -0.4 is 9.64 Å². The first-order valence-electron chi connectivity index (χ1n) is 15.0. The number of aryl methyl sites for hydroxylation is 1. The van der Waals surface area contributed by atoms with Crippen LogP contribution in [0, 0.1) is 0 Å². The average molecular weight is 599 g/mol. The van der Waals surface area contributed by atoms with E-state index in [0.717, 1.165) is 61.3 Å². The van der Waals surface area contributed by atoms with E-state index in [1.807, 2.05) is 109 Å². The number of anilines is 3. The molecule has 0 fully saturated rings. The lowest BCUT2D eigenvalue weighted by Crippen LogP contribution is -2.11. The molecule has 5 aromatic carbocycles. The molecule has 0 saturated heterocycles. The smallest absolute Gasteiger partial charge is 0.178 e. The first-order chi connectivity index (χ1) is 22.7. The predicted octanol–water partition coefficient (Wildman–Crippen LogP) is 10.5. The average Bonchev–Trinajstić information content (AvgIpc) is 3.80. The fraction of sp³-hybridized carbons (Fsp3) is 0.0256. The largest absolute Gasteiger partial charge is 0.456 e. The Labute approximate surface area is 263 Å².